The first-order chi connectivity index (χ1) is 10.2. The first kappa shape index (κ1) is 15.3. The van der Waals surface area contributed by atoms with Crippen LogP contribution in [-0.4, -0.2) is 40.5 Å². The molecular formula is C13H18FN5O2. The molecule has 0 unspecified atom stereocenters. The van der Waals surface area contributed by atoms with Gasteiger partial charge in [0, 0.05) is 20.2 Å². The van der Waals surface area contributed by atoms with E-state index in [0.29, 0.717) is 25.5 Å². The second-order valence-corrected chi connectivity index (χ2v) is 4.42. The van der Waals surface area contributed by atoms with Crippen LogP contribution >= 0.6 is 0 Å². The number of hydrogen-bond donors (Lipinski definition) is 1. The van der Waals surface area contributed by atoms with Crippen LogP contribution in [0, 0.1) is 5.82 Å². The number of halogens is 1. The molecule has 0 saturated carbocycles. The van der Waals surface area contributed by atoms with Crippen LogP contribution in [0.1, 0.15) is 11.4 Å². The summed E-state index contributed by atoms with van der Waals surface area (Å²) in [5, 5.41) is 14.5. The normalized spacial score (nSPS) is 10.8. The predicted molar refractivity (Wildman–Crippen MR) is 73.1 cm³/mol. The topological polar surface area (TPSA) is 74.1 Å². The fourth-order valence-electron chi connectivity index (χ4n) is 1.70. The van der Waals surface area contributed by atoms with E-state index in [9.17, 15) is 4.39 Å². The molecule has 0 bridgehead atoms. The maximum Gasteiger partial charge on any atom is 0.212 e. The quantitative estimate of drug-likeness (QED) is 0.721. The Morgan fingerprint density at radius 3 is 2.90 bits per heavy atom. The number of hydrogen-bond acceptors (Lipinski definition) is 6. The molecule has 1 heterocycles. The summed E-state index contributed by atoms with van der Waals surface area (Å²) in [7, 11) is 3.29. The zero-order valence-corrected chi connectivity index (χ0v) is 12.0. The lowest BCUT2D eigenvalue weighted by atomic mass is 10.2. The van der Waals surface area contributed by atoms with Gasteiger partial charge in [-0.1, -0.05) is 6.07 Å². The molecule has 1 N–H and O–H groups in total. The van der Waals surface area contributed by atoms with Gasteiger partial charge in [-0.15, -0.1) is 10.2 Å². The van der Waals surface area contributed by atoms with Gasteiger partial charge in [0.25, 0.3) is 0 Å². The van der Waals surface area contributed by atoms with Gasteiger partial charge in [-0.2, -0.15) is 4.80 Å². The highest BCUT2D eigenvalue weighted by atomic mass is 19.1. The Balaban J connectivity index is 1.86. The standard InChI is InChI=1S/C13H18FN5O2/c1-19-17-13(16-18-19)9-21-12-4-3-10(7-11(12)14)8-15-5-6-20-2/h3-4,7,15H,5-6,8-9H2,1-2H3. The van der Waals surface area contributed by atoms with Crippen molar-refractivity contribution in [3.8, 4) is 5.75 Å². The number of nitrogens with one attached hydrogen (secondary N) is 1. The Hall–Kier alpha value is -2.06. The molecule has 2 rings (SSSR count). The smallest absolute Gasteiger partial charge is 0.212 e. The lowest BCUT2D eigenvalue weighted by Gasteiger charge is -2.08. The van der Waals surface area contributed by atoms with Crippen LogP contribution in [0.2, 0.25) is 0 Å². The Kier molecular flexibility index (Phi) is 5.59. The van der Waals surface area contributed by atoms with Crippen molar-refractivity contribution in [2.24, 2.45) is 7.05 Å². The summed E-state index contributed by atoms with van der Waals surface area (Å²) >= 11 is 0. The highest BCUT2D eigenvalue weighted by molar-refractivity contribution is 5.29. The lowest BCUT2D eigenvalue weighted by molar-refractivity contribution is 0.199. The maximum atomic E-state index is 13.9. The Morgan fingerprint density at radius 1 is 1.38 bits per heavy atom. The van der Waals surface area contributed by atoms with E-state index in [1.54, 1.807) is 20.2 Å². The van der Waals surface area contributed by atoms with Gasteiger partial charge in [0.05, 0.1) is 13.7 Å². The minimum absolute atomic E-state index is 0.0796. The fourth-order valence-corrected chi connectivity index (χ4v) is 1.70. The number of methoxy groups -OCH3 is 1. The van der Waals surface area contributed by atoms with Crippen LogP contribution < -0.4 is 10.1 Å². The summed E-state index contributed by atoms with van der Waals surface area (Å²) in [6.07, 6.45) is 0. The number of ether oxygens (including phenoxy) is 2. The molecule has 1 aromatic heterocycles. The monoisotopic (exact) mass is 295 g/mol. The van der Waals surface area contributed by atoms with Gasteiger partial charge in [-0.3, -0.25) is 0 Å². The number of aromatic nitrogens is 4. The van der Waals surface area contributed by atoms with Crippen molar-refractivity contribution in [3.05, 3.63) is 35.4 Å². The third-order valence-corrected chi connectivity index (χ3v) is 2.71. The molecule has 21 heavy (non-hydrogen) atoms. The number of rotatable bonds is 8. The summed E-state index contributed by atoms with van der Waals surface area (Å²) in [5.41, 5.74) is 0.841. The molecule has 0 aliphatic carbocycles. The first-order valence-corrected chi connectivity index (χ1v) is 6.53. The largest absolute Gasteiger partial charge is 0.482 e. The van der Waals surface area contributed by atoms with Crippen molar-refractivity contribution in [3.63, 3.8) is 0 Å². The van der Waals surface area contributed by atoms with Crippen LogP contribution in [-0.2, 0) is 24.9 Å². The zero-order valence-electron chi connectivity index (χ0n) is 12.0. The maximum absolute atomic E-state index is 13.9. The van der Waals surface area contributed by atoms with Gasteiger partial charge in [0.2, 0.25) is 5.82 Å². The zero-order chi connectivity index (χ0) is 15.1. The van der Waals surface area contributed by atoms with Gasteiger partial charge in [-0.25, -0.2) is 4.39 Å². The average Bonchev–Trinajstić information content (AvgIpc) is 2.88. The highest BCUT2D eigenvalue weighted by Crippen LogP contribution is 2.19. The van der Waals surface area contributed by atoms with Crippen LogP contribution in [0.5, 0.6) is 5.75 Å². The van der Waals surface area contributed by atoms with Crippen molar-refractivity contribution < 1.29 is 13.9 Å². The number of tetrazole rings is 1. The van der Waals surface area contributed by atoms with E-state index in [-0.39, 0.29) is 12.4 Å². The fraction of sp³-hybridized carbons (Fsp3) is 0.462. The highest BCUT2D eigenvalue weighted by Gasteiger charge is 2.07. The molecular weight excluding hydrogens is 277 g/mol. The molecule has 0 fully saturated rings. The Bertz CT molecular complexity index is 575. The number of aryl methyl sites for hydroxylation is 1. The number of nitrogens with zero attached hydrogens (tertiary/aromatic N) is 4. The van der Waals surface area contributed by atoms with Gasteiger partial charge in [0.1, 0.15) is 0 Å². The summed E-state index contributed by atoms with van der Waals surface area (Å²) in [6, 6.07) is 4.85. The molecule has 0 spiro atoms. The summed E-state index contributed by atoms with van der Waals surface area (Å²) in [5.74, 6) is 0.162. The molecule has 0 atom stereocenters. The van der Waals surface area contributed by atoms with Crippen LogP contribution in [0.3, 0.4) is 0 Å². The first-order valence-electron chi connectivity index (χ1n) is 6.53. The summed E-state index contributed by atoms with van der Waals surface area (Å²) < 4.78 is 24.2. The molecule has 0 radical (unpaired) electrons. The molecule has 1 aromatic carbocycles. The van der Waals surface area contributed by atoms with Gasteiger partial charge in [0.15, 0.2) is 18.2 Å². The molecule has 2 aromatic rings. The molecule has 7 nitrogen and oxygen atoms in total. The van der Waals surface area contributed by atoms with E-state index in [1.165, 1.54) is 10.9 Å². The summed E-state index contributed by atoms with van der Waals surface area (Å²) in [6.45, 7) is 1.99. The van der Waals surface area contributed by atoms with Gasteiger partial charge in [-0.05, 0) is 22.9 Å². The van der Waals surface area contributed by atoms with Gasteiger partial charge < -0.3 is 14.8 Å². The molecule has 114 valence electrons. The van der Waals surface area contributed by atoms with E-state index in [1.807, 2.05) is 6.07 Å². The SMILES string of the molecule is COCCNCc1ccc(OCc2nnn(C)n2)c(F)c1. The van der Waals surface area contributed by atoms with E-state index in [2.05, 4.69) is 20.7 Å². The molecule has 0 aliphatic heterocycles. The Labute approximate surface area is 122 Å². The van der Waals surface area contributed by atoms with Crippen molar-refractivity contribution in [1.82, 2.24) is 25.5 Å². The van der Waals surface area contributed by atoms with E-state index < -0.39 is 5.82 Å². The second-order valence-electron chi connectivity index (χ2n) is 4.42. The van der Waals surface area contributed by atoms with Crippen molar-refractivity contribution in [1.29, 1.82) is 0 Å². The Morgan fingerprint density at radius 2 is 2.24 bits per heavy atom. The third kappa shape index (κ3) is 4.76. The van der Waals surface area contributed by atoms with Crippen molar-refractivity contribution >= 4 is 0 Å². The minimum atomic E-state index is -0.412. The molecule has 0 saturated heterocycles. The number of benzene rings is 1. The molecule has 0 aliphatic rings. The van der Waals surface area contributed by atoms with Crippen molar-refractivity contribution in [2.75, 3.05) is 20.3 Å². The molecule has 0 amide bonds. The average molecular weight is 295 g/mol. The van der Waals surface area contributed by atoms with Crippen LogP contribution in [0.4, 0.5) is 4.39 Å². The summed E-state index contributed by atoms with van der Waals surface area (Å²) in [4.78, 5) is 1.32. The van der Waals surface area contributed by atoms with Gasteiger partial charge >= 0.3 is 0 Å². The van der Waals surface area contributed by atoms with Crippen LogP contribution in [0.25, 0.3) is 0 Å². The second kappa shape index (κ2) is 7.65. The van der Waals surface area contributed by atoms with E-state index in [0.717, 1.165) is 5.56 Å². The predicted octanol–water partition coefficient (Wildman–Crippen LogP) is 0.664. The van der Waals surface area contributed by atoms with Crippen LogP contribution in [0.15, 0.2) is 18.2 Å². The lowest BCUT2D eigenvalue weighted by Crippen LogP contribution is -2.18. The third-order valence-electron chi connectivity index (χ3n) is 2.71. The van der Waals surface area contributed by atoms with E-state index in [4.69, 9.17) is 9.47 Å². The van der Waals surface area contributed by atoms with E-state index >= 15 is 0 Å². The minimum Gasteiger partial charge on any atom is -0.482 e. The van der Waals surface area contributed by atoms with Crippen molar-refractivity contribution in [2.45, 2.75) is 13.2 Å². The molecule has 8 heteroatoms.